The van der Waals surface area contributed by atoms with Crippen LogP contribution in [-0.4, -0.2) is 171 Å². The highest BCUT2D eigenvalue weighted by Crippen LogP contribution is 2.43. The van der Waals surface area contributed by atoms with Crippen LogP contribution in [0.1, 0.15) is 186 Å². The maximum atomic E-state index is 13.8. The summed E-state index contributed by atoms with van der Waals surface area (Å²) in [6.45, 7) is 35.5. The molecule has 8 aromatic heterocycles. The summed E-state index contributed by atoms with van der Waals surface area (Å²) in [5.74, 6) is 2.61. The number of hydrogen-bond acceptors (Lipinski definition) is 24. The standard InChI is InChI=1S/C24H30F2N6.C23H27F2N5O.2C21H28N6OS/c1-23(2)11-17(12-24(3,4)31-23)32(5)21-9-8-20(29-30-21)18-7-6-15(10-19(18)22(25)26)16-13-27-28-14-16;1-22(2)10-16(11-23(3,4)30-22)31-20-8-7-19(28-29-20)17-6-5-14(9-18(17)21(24)25)15-12-26-27-13-15;1-20(2)10-16(11-21(3,4)26-20)27(5)18-24-25-19(29-18)28-17-8-6-14(7-9-17)15-12-22-23-13-15;1-20(2)10-16(11-21(3,4)26-20)27(5)18-24-25-19(29-18)28-17-8-6-7-14(9-17)15-12-22-23-13-15/h6-10,13-14,17,22,31H,11-12H2,1-5H3,(H,27,28);5-9,12-13,16,21,30H,10-11H2,1-4H3,(H,26,27);2*6-9,12-13,16,26H,10-11H2,1-5H3,(H,22,23). The third-order valence-electron chi connectivity index (χ3n) is 22.2. The van der Waals surface area contributed by atoms with Crippen molar-refractivity contribution in [2.24, 2.45) is 0 Å². The molecular weight excluding hydrogens is 1580 g/mol. The van der Waals surface area contributed by atoms with Gasteiger partial charge in [0.25, 0.3) is 12.9 Å². The molecule has 32 heteroatoms. The number of nitrogens with zero attached hydrogens (tertiary/aromatic N) is 15. The number of halogens is 4. The number of piperidine rings is 4. The van der Waals surface area contributed by atoms with Crippen LogP contribution >= 0.6 is 22.7 Å². The van der Waals surface area contributed by atoms with E-state index in [2.05, 4.69) is 242 Å². The molecule has 0 bridgehead atoms. The summed E-state index contributed by atoms with van der Waals surface area (Å²) in [6.07, 6.45) is 16.4. The molecule has 0 spiro atoms. The smallest absolute Gasteiger partial charge is 0.301 e. The van der Waals surface area contributed by atoms with E-state index in [1.54, 1.807) is 79.6 Å². The van der Waals surface area contributed by atoms with Crippen LogP contribution in [0.15, 0.2) is 159 Å². The molecule has 0 saturated carbocycles. The minimum atomic E-state index is -2.64. The van der Waals surface area contributed by atoms with E-state index in [4.69, 9.17) is 14.2 Å². The van der Waals surface area contributed by atoms with E-state index >= 15 is 0 Å². The van der Waals surface area contributed by atoms with E-state index in [1.165, 1.54) is 34.8 Å². The number of rotatable bonds is 20. The summed E-state index contributed by atoms with van der Waals surface area (Å²) in [5.41, 5.74) is 8.67. The average molecular weight is 1690 g/mol. The first-order valence-electron chi connectivity index (χ1n) is 40.8. The summed E-state index contributed by atoms with van der Waals surface area (Å²) in [4.78, 5) is 6.64. The van der Waals surface area contributed by atoms with Gasteiger partial charge >= 0.3 is 10.4 Å². The second kappa shape index (κ2) is 35.8. The molecule has 0 aliphatic carbocycles. The SMILES string of the molecule is CC1(C)CC(Oc2ccc(-c3ccc(-c4cn[nH]c4)cc3C(F)F)nn2)CC(C)(C)N1.CN(c1ccc(-c2ccc(-c3cn[nH]c3)cc2C(F)F)nn1)C1CC(C)(C)NC(C)(C)C1.CN(c1nnc(Oc2ccc(-c3cn[nH]c3)cc2)s1)C1CC(C)(C)NC(C)(C)C1.CN(c1nnc(Oc2cccc(-c3cn[nH]c3)c2)s1)C1CC(C)(C)NC(C)(C)C1. The van der Waals surface area contributed by atoms with Gasteiger partial charge in [0.15, 0.2) is 5.82 Å². The first-order chi connectivity index (χ1) is 57.1. The first-order valence-corrected chi connectivity index (χ1v) is 42.5. The number of aromatic nitrogens is 16. The molecule has 0 radical (unpaired) electrons. The van der Waals surface area contributed by atoms with Gasteiger partial charge in [-0.15, -0.1) is 30.6 Å². The molecule has 0 atom stereocenters. The van der Waals surface area contributed by atoms with Crippen LogP contribution in [-0.2, 0) is 0 Å². The average Bonchev–Trinajstić information content (AvgIpc) is 1.76. The van der Waals surface area contributed by atoms with Gasteiger partial charge in [0, 0.05) is 172 Å². The lowest BCUT2D eigenvalue weighted by Crippen LogP contribution is -2.62. The number of ether oxygens (including phenoxy) is 3. The molecule has 4 aliphatic rings. The van der Waals surface area contributed by atoms with E-state index < -0.39 is 12.9 Å². The monoisotopic (exact) mass is 1690 g/mol. The van der Waals surface area contributed by atoms with Gasteiger partial charge in [0.2, 0.25) is 16.1 Å². The minimum Gasteiger partial charge on any atom is -0.473 e. The maximum absolute atomic E-state index is 13.8. The van der Waals surface area contributed by atoms with Crippen molar-refractivity contribution in [3.8, 4) is 94.8 Å². The van der Waals surface area contributed by atoms with Crippen LogP contribution in [0, 0.1) is 0 Å². The summed E-state index contributed by atoms with van der Waals surface area (Å²) in [6, 6.07) is 33.7. The molecule has 0 amide bonds. The number of anilines is 3. The van der Waals surface area contributed by atoms with Crippen LogP contribution in [0.3, 0.4) is 0 Å². The lowest BCUT2D eigenvalue weighted by Gasteiger charge is -2.49. The fourth-order valence-electron chi connectivity index (χ4n) is 18.2. The highest BCUT2D eigenvalue weighted by atomic mass is 32.1. The molecule has 8 N–H and O–H groups in total. The molecule has 16 rings (SSSR count). The fraction of sp³-hybridized carbons (Fsp3) is 0.461. The topological polar surface area (TPSA) is 303 Å². The van der Waals surface area contributed by atoms with E-state index in [-0.39, 0.29) is 61.5 Å². The number of benzene rings is 4. The zero-order valence-electron chi connectivity index (χ0n) is 72.4. The molecule has 12 heterocycles. The Balaban J connectivity index is 0.000000139. The zero-order chi connectivity index (χ0) is 86.6. The Labute approximate surface area is 713 Å². The van der Waals surface area contributed by atoms with Crippen molar-refractivity contribution < 1.29 is 31.8 Å². The van der Waals surface area contributed by atoms with Crippen molar-refractivity contribution >= 4 is 38.8 Å². The molecule has 4 saturated heterocycles. The van der Waals surface area contributed by atoms with Gasteiger partial charge in [0.05, 0.1) is 36.2 Å². The Hall–Kier alpha value is -10.6. The number of hydrogen-bond donors (Lipinski definition) is 8. The molecule has 12 aromatic rings. The van der Waals surface area contributed by atoms with Crippen LogP contribution in [0.4, 0.5) is 33.6 Å². The molecular formula is C89H113F4N23O3S2. The first kappa shape index (κ1) is 88.2. The normalized spacial score (nSPS) is 18.4. The van der Waals surface area contributed by atoms with E-state index in [0.29, 0.717) is 68.0 Å². The predicted octanol–water partition coefficient (Wildman–Crippen LogP) is 19.3. The van der Waals surface area contributed by atoms with Gasteiger partial charge < -0.3 is 50.2 Å². The largest absolute Gasteiger partial charge is 0.473 e. The molecule has 642 valence electrons. The van der Waals surface area contributed by atoms with Gasteiger partial charge in [-0.3, -0.25) is 20.4 Å². The van der Waals surface area contributed by atoms with Gasteiger partial charge in [0.1, 0.15) is 17.6 Å². The van der Waals surface area contributed by atoms with Gasteiger partial charge in [-0.1, -0.05) is 58.7 Å². The van der Waals surface area contributed by atoms with E-state index in [1.807, 2.05) is 74.0 Å². The van der Waals surface area contributed by atoms with Gasteiger partial charge in [-0.2, -0.15) is 20.4 Å². The number of nitrogens with one attached hydrogen (secondary N) is 8. The maximum Gasteiger partial charge on any atom is 0.301 e. The number of aromatic amines is 4. The Morgan fingerprint density at radius 2 is 0.719 bits per heavy atom. The van der Waals surface area contributed by atoms with Crippen molar-refractivity contribution in [2.75, 3.05) is 35.8 Å². The summed E-state index contributed by atoms with van der Waals surface area (Å²) >= 11 is 2.95. The van der Waals surface area contributed by atoms with Crippen LogP contribution in [0.5, 0.6) is 27.8 Å². The van der Waals surface area contributed by atoms with Crippen LogP contribution in [0.2, 0.25) is 0 Å². The molecule has 0 unspecified atom stereocenters. The van der Waals surface area contributed by atoms with Gasteiger partial charge in [-0.25, -0.2) is 17.6 Å². The Morgan fingerprint density at radius 3 is 1.09 bits per heavy atom. The molecule has 26 nitrogen and oxygen atoms in total. The summed E-state index contributed by atoms with van der Waals surface area (Å²) < 4.78 is 73.2. The third kappa shape index (κ3) is 23.1. The van der Waals surface area contributed by atoms with Gasteiger partial charge in [-0.05, 0) is 249 Å². The number of alkyl halides is 4. The lowest BCUT2D eigenvalue weighted by molar-refractivity contribution is 0.0524. The van der Waals surface area contributed by atoms with Crippen molar-refractivity contribution in [2.45, 2.75) is 244 Å². The zero-order valence-corrected chi connectivity index (χ0v) is 74.0. The quantitative estimate of drug-likeness (QED) is 0.0329. The highest BCUT2D eigenvalue weighted by Gasteiger charge is 2.44. The van der Waals surface area contributed by atoms with Crippen molar-refractivity contribution in [3.05, 3.63) is 170 Å². The second-order valence-corrected chi connectivity index (χ2v) is 39.2. The van der Waals surface area contributed by atoms with Crippen LogP contribution < -0.4 is 50.2 Å². The Bertz CT molecular complexity index is 5270. The second-order valence-electron chi connectivity index (χ2n) is 37.4. The third-order valence-corrected chi connectivity index (χ3v) is 24.0. The minimum absolute atomic E-state index is 0.00253. The van der Waals surface area contributed by atoms with Crippen LogP contribution in [0.25, 0.3) is 67.0 Å². The number of H-pyrrole nitrogens is 4. The van der Waals surface area contributed by atoms with Crippen molar-refractivity contribution in [1.82, 2.24) is 103 Å². The van der Waals surface area contributed by atoms with E-state index in [0.717, 1.165) is 112 Å². The van der Waals surface area contributed by atoms with Crippen molar-refractivity contribution in [3.63, 3.8) is 0 Å². The summed E-state index contributed by atoms with van der Waals surface area (Å²) in [7, 11) is 6.23. The predicted molar refractivity (Wildman–Crippen MR) is 471 cm³/mol. The summed E-state index contributed by atoms with van der Waals surface area (Å²) in [5, 5.41) is 78.8. The molecule has 4 aromatic carbocycles. The van der Waals surface area contributed by atoms with Crippen molar-refractivity contribution in [1.29, 1.82) is 0 Å². The molecule has 121 heavy (non-hydrogen) atoms. The lowest BCUT2D eigenvalue weighted by atomic mass is 9.79. The Morgan fingerprint density at radius 1 is 0.355 bits per heavy atom. The molecule has 4 fully saturated rings. The molecule has 4 aliphatic heterocycles. The van der Waals surface area contributed by atoms with E-state index in [9.17, 15) is 17.6 Å². The fourth-order valence-corrected chi connectivity index (χ4v) is 19.7. The highest BCUT2D eigenvalue weighted by molar-refractivity contribution is 7.17. The Kier molecular flexibility index (Phi) is 26.1.